The van der Waals surface area contributed by atoms with E-state index in [0.29, 0.717) is 5.56 Å². The van der Waals surface area contributed by atoms with Gasteiger partial charge in [0.1, 0.15) is 11.4 Å². The van der Waals surface area contributed by atoms with Crippen molar-refractivity contribution in [1.29, 1.82) is 0 Å². The Morgan fingerprint density at radius 2 is 1.81 bits per heavy atom. The molecular formula is C25H28FN5O5. The number of methoxy groups -OCH3 is 1. The number of amides is 4. The summed E-state index contributed by atoms with van der Waals surface area (Å²) in [4.78, 5) is 58.2. The van der Waals surface area contributed by atoms with E-state index in [4.69, 9.17) is 10.5 Å². The first kappa shape index (κ1) is 25.1. The molecule has 0 bridgehead atoms. The molecule has 0 spiro atoms. The van der Waals surface area contributed by atoms with Crippen LogP contribution in [-0.2, 0) is 14.4 Å². The molecule has 36 heavy (non-hydrogen) atoms. The van der Waals surface area contributed by atoms with Gasteiger partial charge < -0.3 is 25.6 Å². The zero-order chi connectivity index (χ0) is 26.2. The third-order valence-corrected chi connectivity index (χ3v) is 6.79. The number of hydrogen-bond donors (Lipinski definition) is 2. The molecule has 1 aromatic heterocycles. The van der Waals surface area contributed by atoms with Crippen LogP contribution in [0, 0.1) is 11.2 Å². The lowest BCUT2D eigenvalue weighted by Gasteiger charge is -2.46. The average molecular weight is 498 g/mol. The third kappa shape index (κ3) is 4.86. The number of anilines is 1. The van der Waals surface area contributed by atoms with Gasteiger partial charge >= 0.3 is 11.8 Å². The molecule has 1 saturated heterocycles. The second kappa shape index (κ2) is 9.56. The molecule has 1 aliphatic carbocycles. The lowest BCUT2D eigenvalue weighted by Crippen LogP contribution is -2.59. The van der Waals surface area contributed by atoms with Gasteiger partial charge in [0.2, 0.25) is 11.8 Å². The van der Waals surface area contributed by atoms with Gasteiger partial charge in [0.15, 0.2) is 0 Å². The van der Waals surface area contributed by atoms with Crippen molar-refractivity contribution in [2.24, 2.45) is 11.1 Å². The molecule has 1 aromatic carbocycles. The molecule has 2 atom stereocenters. The van der Waals surface area contributed by atoms with Crippen LogP contribution < -0.4 is 15.8 Å². The Hall–Kier alpha value is -4.02. The number of nitrogens with two attached hydrogens (primary N) is 1. The normalized spacial score (nSPS) is 20.4. The topological polar surface area (TPSA) is 135 Å². The van der Waals surface area contributed by atoms with E-state index < -0.39 is 35.0 Å². The maximum atomic E-state index is 13.6. The number of carbonyl (C=O) groups excluding carboxylic acids is 4. The third-order valence-electron chi connectivity index (χ3n) is 6.79. The van der Waals surface area contributed by atoms with Crippen LogP contribution >= 0.6 is 0 Å². The first-order valence-electron chi connectivity index (χ1n) is 11.6. The summed E-state index contributed by atoms with van der Waals surface area (Å²) in [6.07, 6.45) is 2.86. The van der Waals surface area contributed by atoms with Gasteiger partial charge in [-0.25, -0.2) is 9.37 Å². The van der Waals surface area contributed by atoms with Crippen LogP contribution in [0.5, 0.6) is 5.88 Å². The highest BCUT2D eigenvalue weighted by atomic mass is 19.1. The van der Waals surface area contributed by atoms with Crippen LogP contribution in [0.3, 0.4) is 0 Å². The summed E-state index contributed by atoms with van der Waals surface area (Å²) < 4.78 is 18.6. The summed E-state index contributed by atoms with van der Waals surface area (Å²) in [6.45, 7) is 4.04. The monoisotopic (exact) mass is 497 g/mol. The van der Waals surface area contributed by atoms with E-state index in [1.54, 1.807) is 17.0 Å². The van der Waals surface area contributed by atoms with Crippen LogP contribution in [0.15, 0.2) is 36.5 Å². The Labute approximate surface area is 207 Å². The molecule has 2 heterocycles. The summed E-state index contributed by atoms with van der Waals surface area (Å²) in [6, 6.07) is 5.93. The number of pyridine rings is 1. The van der Waals surface area contributed by atoms with E-state index in [1.807, 2.05) is 13.8 Å². The summed E-state index contributed by atoms with van der Waals surface area (Å²) in [7, 11) is 1.32. The number of nitrogens with one attached hydrogen (secondary N) is 1. The molecule has 2 unspecified atom stereocenters. The number of aromatic nitrogens is 1. The standard InChI is InChI=1S/C25H28FN5O5/c1-14-12-31(23(34)21(33)29-17-10-18(20(27)32)22(36-3)28-11-17)19(15-4-6-16(26)7-5-15)13-30(14)24(35)25(2)8-9-25/h4-7,10-11,14,19H,8-9,12-13H2,1-3H3,(H2,27,32)(H,29,33). The van der Waals surface area contributed by atoms with Crippen molar-refractivity contribution in [2.45, 2.75) is 38.8 Å². The van der Waals surface area contributed by atoms with Gasteiger partial charge in [-0.3, -0.25) is 19.2 Å². The summed E-state index contributed by atoms with van der Waals surface area (Å²) in [5.41, 5.74) is 5.58. The summed E-state index contributed by atoms with van der Waals surface area (Å²) in [5.74, 6) is -3.03. The first-order valence-corrected chi connectivity index (χ1v) is 11.6. The van der Waals surface area contributed by atoms with Crippen molar-refractivity contribution >= 4 is 29.3 Å². The maximum Gasteiger partial charge on any atom is 0.313 e. The van der Waals surface area contributed by atoms with Gasteiger partial charge in [-0.05, 0) is 43.5 Å². The molecule has 190 valence electrons. The fourth-order valence-corrected chi connectivity index (χ4v) is 4.38. The zero-order valence-corrected chi connectivity index (χ0v) is 20.3. The fourth-order valence-electron chi connectivity index (χ4n) is 4.38. The lowest BCUT2D eigenvalue weighted by atomic mass is 9.97. The van der Waals surface area contributed by atoms with E-state index in [-0.39, 0.29) is 42.2 Å². The van der Waals surface area contributed by atoms with E-state index >= 15 is 0 Å². The SMILES string of the molecule is COc1ncc(NC(=O)C(=O)N2CC(C)N(C(=O)C3(C)CC3)CC2c2ccc(F)cc2)cc1C(N)=O. The van der Waals surface area contributed by atoms with Gasteiger partial charge in [0.05, 0.1) is 25.0 Å². The lowest BCUT2D eigenvalue weighted by molar-refractivity contribution is -0.153. The number of ether oxygens (including phenoxy) is 1. The Morgan fingerprint density at radius 3 is 2.39 bits per heavy atom. The Kier molecular flexibility index (Phi) is 6.66. The molecule has 2 fully saturated rings. The quantitative estimate of drug-likeness (QED) is 0.606. The van der Waals surface area contributed by atoms with Gasteiger partial charge in [0, 0.05) is 24.5 Å². The molecule has 11 heteroatoms. The van der Waals surface area contributed by atoms with Gasteiger partial charge in [-0.2, -0.15) is 0 Å². The van der Waals surface area contributed by atoms with Crippen molar-refractivity contribution in [3.63, 3.8) is 0 Å². The minimum absolute atomic E-state index is 0.0119. The number of primary amides is 1. The van der Waals surface area contributed by atoms with E-state index in [0.717, 1.165) is 12.8 Å². The van der Waals surface area contributed by atoms with Gasteiger partial charge in [-0.15, -0.1) is 0 Å². The van der Waals surface area contributed by atoms with Crippen LogP contribution in [-0.4, -0.2) is 64.7 Å². The summed E-state index contributed by atoms with van der Waals surface area (Å²) in [5, 5.41) is 2.45. The number of hydrogen-bond acceptors (Lipinski definition) is 6. The zero-order valence-electron chi connectivity index (χ0n) is 20.3. The van der Waals surface area contributed by atoms with Crippen LogP contribution in [0.2, 0.25) is 0 Å². The number of nitrogens with zero attached hydrogens (tertiary/aromatic N) is 3. The number of halogens is 1. The molecule has 1 aliphatic heterocycles. The molecule has 10 nitrogen and oxygen atoms in total. The summed E-state index contributed by atoms with van der Waals surface area (Å²) >= 11 is 0. The average Bonchev–Trinajstić information content (AvgIpc) is 3.61. The van der Waals surface area contributed by atoms with Crippen molar-refractivity contribution in [2.75, 3.05) is 25.5 Å². The van der Waals surface area contributed by atoms with E-state index in [2.05, 4.69) is 10.3 Å². The largest absolute Gasteiger partial charge is 0.480 e. The molecule has 4 rings (SSSR count). The molecule has 0 radical (unpaired) electrons. The van der Waals surface area contributed by atoms with Crippen LogP contribution in [0.1, 0.15) is 48.7 Å². The predicted octanol–water partition coefficient (Wildman–Crippen LogP) is 1.87. The first-order chi connectivity index (χ1) is 17.0. The van der Waals surface area contributed by atoms with Crippen molar-refractivity contribution < 1.29 is 28.3 Å². The smallest absolute Gasteiger partial charge is 0.313 e. The predicted molar refractivity (Wildman–Crippen MR) is 127 cm³/mol. The van der Waals surface area contributed by atoms with Gasteiger partial charge in [0.25, 0.3) is 5.91 Å². The van der Waals surface area contributed by atoms with Crippen molar-refractivity contribution in [3.8, 4) is 5.88 Å². The minimum Gasteiger partial charge on any atom is -0.480 e. The highest BCUT2D eigenvalue weighted by molar-refractivity contribution is 6.39. The molecule has 2 aromatic rings. The maximum absolute atomic E-state index is 13.6. The number of rotatable bonds is 5. The fraction of sp³-hybridized carbons (Fsp3) is 0.400. The van der Waals surface area contributed by atoms with E-state index in [1.165, 1.54) is 36.4 Å². The van der Waals surface area contributed by atoms with Crippen molar-refractivity contribution in [3.05, 3.63) is 53.5 Å². The molecular weight excluding hydrogens is 469 g/mol. The van der Waals surface area contributed by atoms with E-state index in [9.17, 15) is 23.6 Å². The van der Waals surface area contributed by atoms with Crippen LogP contribution in [0.4, 0.5) is 10.1 Å². The van der Waals surface area contributed by atoms with Gasteiger partial charge in [-0.1, -0.05) is 19.1 Å². The highest BCUT2D eigenvalue weighted by Gasteiger charge is 2.50. The second-order valence-electron chi connectivity index (χ2n) is 9.49. The highest BCUT2D eigenvalue weighted by Crippen LogP contribution is 2.47. The van der Waals surface area contributed by atoms with Crippen LogP contribution in [0.25, 0.3) is 0 Å². The number of carbonyl (C=O) groups is 4. The second-order valence-corrected chi connectivity index (χ2v) is 9.49. The Bertz CT molecular complexity index is 1210. The van der Waals surface area contributed by atoms with Crippen molar-refractivity contribution in [1.82, 2.24) is 14.8 Å². The molecule has 2 aliphatic rings. The molecule has 3 N–H and O–H groups in total. The number of piperazine rings is 1. The number of benzene rings is 1. The molecule has 4 amide bonds. The Morgan fingerprint density at radius 1 is 1.14 bits per heavy atom. The minimum atomic E-state index is -0.953. The molecule has 1 saturated carbocycles. The Balaban J connectivity index is 1.59.